The van der Waals surface area contributed by atoms with Crippen molar-refractivity contribution in [3.8, 4) is 0 Å². The molecule has 0 spiro atoms. The molecule has 0 bridgehead atoms. The van der Waals surface area contributed by atoms with Gasteiger partial charge in [0.15, 0.2) is 0 Å². The Labute approximate surface area is 101 Å². The molecule has 0 saturated heterocycles. The van der Waals surface area contributed by atoms with Gasteiger partial charge in [-0.1, -0.05) is 6.92 Å². The molecule has 0 aromatic carbocycles. The SMILES string of the molecule is CCNC1CCC(O)(CCCC(F)(F)F)CC1. The summed E-state index contributed by atoms with van der Waals surface area (Å²) in [5.41, 5.74) is -0.864. The molecule has 1 fully saturated rings. The first-order chi connectivity index (χ1) is 7.85. The summed E-state index contributed by atoms with van der Waals surface area (Å²) in [6.45, 7) is 2.93. The summed E-state index contributed by atoms with van der Waals surface area (Å²) >= 11 is 0. The maximum absolute atomic E-state index is 12.0. The summed E-state index contributed by atoms with van der Waals surface area (Å²) in [5, 5.41) is 13.5. The largest absolute Gasteiger partial charge is 0.390 e. The minimum Gasteiger partial charge on any atom is -0.390 e. The molecule has 0 amide bonds. The lowest BCUT2D eigenvalue weighted by atomic mass is 9.79. The normalized spacial score (nSPS) is 30.5. The first kappa shape index (κ1) is 14.8. The van der Waals surface area contributed by atoms with E-state index < -0.39 is 18.2 Å². The number of alkyl halides is 3. The average molecular weight is 253 g/mol. The first-order valence-electron chi connectivity index (χ1n) is 6.37. The van der Waals surface area contributed by atoms with E-state index in [1.807, 2.05) is 6.92 Å². The molecule has 5 heteroatoms. The molecule has 1 aliphatic carbocycles. The van der Waals surface area contributed by atoms with E-state index in [1.54, 1.807) is 0 Å². The molecule has 2 N–H and O–H groups in total. The van der Waals surface area contributed by atoms with Crippen molar-refractivity contribution in [1.29, 1.82) is 0 Å². The smallest absolute Gasteiger partial charge is 0.389 e. The maximum atomic E-state index is 12.0. The van der Waals surface area contributed by atoms with Crippen molar-refractivity contribution in [3.63, 3.8) is 0 Å². The van der Waals surface area contributed by atoms with Crippen LogP contribution < -0.4 is 5.32 Å². The first-order valence-corrected chi connectivity index (χ1v) is 6.37. The Morgan fingerprint density at radius 3 is 2.35 bits per heavy atom. The van der Waals surface area contributed by atoms with E-state index in [0.29, 0.717) is 18.9 Å². The van der Waals surface area contributed by atoms with Gasteiger partial charge in [-0.3, -0.25) is 0 Å². The quantitative estimate of drug-likeness (QED) is 0.789. The fourth-order valence-electron chi connectivity index (χ4n) is 2.52. The molecule has 17 heavy (non-hydrogen) atoms. The van der Waals surface area contributed by atoms with Gasteiger partial charge in [-0.2, -0.15) is 13.2 Å². The van der Waals surface area contributed by atoms with Crippen LogP contribution in [-0.4, -0.2) is 29.5 Å². The molecular formula is C12H22F3NO. The van der Waals surface area contributed by atoms with Crippen LogP contribution in [0.25, 0.3) is 0 Å². The van der Waals surface area contributed by atoms with E-state index in [2.05, 4.69) is 5.32 Å². The monoisotopic (exact) mass is 253 g/mol. The van der Waals surface area contributed by atoms with E-state index in [4.69, 9.17) is 0 Å². The van der Waals surface area contributed by atoms with Crippen LogP contribution in [0.15, 0.2) is 0 Å². The number of halogens is 3. The van der Waals surface area contributed by atoms with E-state index in [0.717, 1.165) is 19.4 Å². The molecule has 0 aromatic heterocycles. The van der Waals surface area contributed by atoms with Crippen molar-refractivity contribution in [2.75, 3.05) is 6.54 Å². The summed E-state index contributed by atoms with van der Waals surface area (Å²) in [4.78, 5) is 0. The van der Waals surface area contributed by atoms with Gasteiger partial charge in [0, 0.05) is 12.5 Å². The average Bonchev–Trinajstić information content (AvgIpc) is 2.20. The molecule has 0 atom stereocenters. The van der Waals surface area contributed by atoms with Crippen molar-refractivity contribution in [3.05, 3.63) is 0 Å². The van der Waals surface area contributed by atoms with E-state index in [9.17, 15) is 18.3 Å². The predicted molar refractivity (Wildman–Crippen MR) is 60.8 cm³/mol. The molecule has 1 aliphatic rings. The van der Waals surface area contributed by atoms with E-state index >= 15 is 0 Å². The summed E-state index contributed by atoms with van der Waals surface area (Å²) in [7, 11) is 0. The lowest BCUT2D eigenvalue weighted by Gasteiger charge is -2.36. The van der Waals surface area contributed by atoms with Crippen molar-refractivity contribution in [2.45, 2.75) is 69.7 Å². The molecule has 1 rings (SSSR count). The van der Waals surface area contributed by atoms with Crippen LogP contribution in [0.3, 0.4) is 0 Å². The molecule has 0 radical (unpaired) electrons. The molecule has 2 nitrogen and oxygen atoms in total. The molecule has 1 saturated carbocycles. The highest BCUT2D eigenvalue weighted by Crippen LogP contribution is 2.34. The summed E-state index contributed by atoms with van der Waals surface area (Å²) in [5.74, 6) is 0. The Bertz CT molecular complexity index is 222. The summed E-state index contributed by atoms with van der Waals surface area (Å²) in [6, 6.07) is 0.419. The third-order valence-electron chi connectivity index (χ3n) is 3.51. The highest BCUT2D eigenvalue weighted by molar-refractivity contribution is 4.88. The second-order valence-electron chi connectivity index (χ2n) is 5.03. The van der Waals surface area contributed by atoms with Crippen molar-refractivity contribution in [1.82, 2.24) is 5.32 Å². The van der Waals surface area contributed by atoms with Gasteiger partial charge in [-0.25, -0.2) is 0 Å². The Morgan fingerprint density at radius 2 is 1.88 bits per heavy atom. The lowest BCUT2D eigenvalue weighted by molar-refractivity contribution is -0.138. The van der Waals surface area contributed by atoms with Gasteiger partial charge >= 0.3 is 6.18 Å². The van der Waals surface area contributed by atoms with Gasteiger partial charge in [0.1, 0.15) is 0 Å². The highest BCUT2D eigenvalue weighted by Gasteiger charge is 2.34. The lowest BCUT2D eigenvalue weighted by Crippen LogP contribution is -2.41. The van der Waals surface area contributed by atoms with Gasteiger partial charge in [0.25, 0.3) is 0 Å². The maximum Gasteiger partial charge on any atom is 0.389 e. The predicted octanol–water partition coefficient (Wildman–Crippen LogP) is 3.00. The van der Waals surface area contributed by atoms with Crippen molar-refractivity contribution < 1.29 is 18.3 Å². The van der Waals surface area contributed by atoms with Crippen LogP contribution in [0.5, 0.6) is 0 Å². The Kier molecular flexibility index (Phi) is 5.25. The topological polar surface area (TPSA) is 32.3 Å². The van der Waals surface area contributed by atoms with E-state index in [1.165, 1.54) is 0 Å². The van der Waals surface area contributed by atoms with Gasteiger partial charge in [0.2, 0.25) is 0 Å². The van der Waals surface area contributed by atoms with Crippen LogP contribution in [0.2, 0.25) is 0 Å². The minimum absolute atomic E-state index is 0.0336. The zero-order valence-electron chi connectivity index (χ0n) is 10.3. The Morgan fingerprint density at radius 1 is 1.29 bits per heavy atom. The van der Waals surface area contributed by atoms with Gasteiger partial charge < -0.3 is 10.4 Å². The number of aliphatic hydroxyl groups is 1. The molecule has 0 aromatic rings. The van der Waals surface area contributed by atoms with Crippen molar-refractivity contribution >= 4 is 0 Å². The minimum atomic E-state index is -4.10. The fraction of sp³-hybridized carbons (Fsp3) is 1.00. The van der Waals surface area contributed by atoms with Crippen LogP contribution in [-0.2, 0) is 0 Å². The fourth-order valence-corrected chi connectivity index (χ4v) is 2.52. The molecule has 0 heterocycles. The zero-order chi connectivity index (χ0) is 12.9. The number of nitrogens with one attached hydrogen (secondary N) is 1. The van der Waals surface area contributed by atoms with Gasteiger partial charge in [-0.05, 0) is 45.1 Å². The molecule has 0 unspecified atom stereocenters. The molecule has 102 valence electrons. The van der Waals surface area contributed by atoms with Crippen molar-refractivity contribution in [2.24, 2.45) is 0 Å². The second-order valence-corrected chi connectivity index (χ2v) is 5.03. The zero-order valence-corrected chi connectivity index (χ0v) is 10.3. The highest BCUT2D eigenvalue weighted by atomic mass is 19.4. The van der Waals surface area contributed by atoms with Crippen LogP contribution in [0, 0.1) is 0 Å². The number of hydrogen-bond donors (Lipinski definition) is 2. The number of rotatable bonds is 5. The molecule has 0 aliphatic heterocycles. The summed E-state index contributed by atoms with van der Waals surface area (Å²) < 4.78 is 36.0. The van der Waals surface area contributed by atoms with Gasteiger partial charge in [-0.15, -0.1) is 0 Å². The van der Waals surface area contributed by atoms with Crippen LogP contribution in [0.4, 0.5) is 13.2 Å². The third-order valence-corrected chi connectivity index (χ3v) is 3.51. The Hall–Kier alpha value is -0.290. The molecular weight excluding hydrogens is 231 g/mol. The standard InChI is InChI=1S/C12H22F3NO/c1-2-16-10-4-8-11(17,9-5-10)6-3-7-12(13,14)15/h10,16-17H,2-9H2,1H3. The second kappa shape index (κ2) is 6.05. The summed E-state index contributed by atoms with van der Waals surface area (Å²) in [6.07, 6.45) is -1.64. The van der Waals surface area contributed by atoms with Crippen LogP contribution >= 0.6 is 0 Å². The van der Waals surface area contributed by atoms with Crippen LogP contribution in [0.1, 0.15) is 51.9 Å². The van der Waals surface area contributed by atoms with E-state index in [-0.39, 0.29) is 12.8 Å². The third kappa shape index (κ3) is 5.73. The van der Waals surface area contributed by atoms with Gasteiger partial charge in [0.05, 0.1) is 5.60 Å². The number of hydrogen-bond acceptors (Lipinski definition) is 2. The Balaban J connectivity index is 2.25.